The summed E-state index contributed by atoms with van der Waals surface area (Å²) in [5.74, 6) is -7.59. The summed E-state index contributed by atoms with van der Waals surface area (Å²) in [4.78, 5) is 57.8. The molecule has 1 amide bonds. The second-order valence-electron chi connectivity index (χ2n) is 18.1. The molecule has 330 valence electrons. The van der Waals surface area contributed by atoms with Gasteiger partial charge in [0.05, 0.1) is 36.6 Å². The van der Waals surface area contributed by atoms with Crippen molar-refractivity contribution in [3.63, 3.8) is 0 Å². The first-order valence-corrected chi connectivity index (χ1v) is 21.8. The van der Waals surface area contributed by atoms with E-state index < -0.39 is 83.9 Å². The Balaban J connectivity index is 1.74. The zero-order chi connectivity index (χ0) is 43.1. The molecule has 0 radical (unpaired) electrons. The van der Waals surface area contributed by atoms with Gasteiger partial charge in [-0.25, -0.2) is 4.79 Å². The molecular formula is C45H73NO12. The molecule has 3 heterocycles. The highest BCUT2D eigenvalue weighted by Gasteiger charge is 2.56. The molecule has 4 rings (SSSR count). The highest BCUT2D eigenvalue weighted by molar-refractivity contribution is 6.39. The third-order valence-electron chi connectivity index (χ3n) is 13.0. The second-order valence-corrected chi connectivity index (χ2v) is 18.1. The number of amides is 1. The minimum absolute atomic E-state index is 0.0233. The SMILES string of the molecule is CCC1C=C(C)CC(C)CC(OC)C2OC(O)(C(=O)C(=O)N3CCCCC3C(=O)OC(C(C)=CC3CCC(OC(C)C)C(O)C3)C(C)C(O)CC1=O)C(C)CC2OC. The molecular weight excluding hydrogens is 746 g/mol. The number of hydrogen-bond acceptors (Lipinski definition) is 12. The van der Waals surface area contributed by atoms with E-state index >= 15 is 0 Å². The minimum atomic E-state index is -2.50. The number of piperidine rings is 1. The van der Waals surface area contributed by atoms with Gasteiger partial charge in [-0.15, -0.1) is 0 Å². The fourth-order valence-electron chi connectivity index (χ4n) is 9.65. The standard InChI is InChI=1S/C45H73NO12/c1-11-32-19-26(4)18-27(5)20-38(54-9)41-39(55-10)22-29(7)45(53,58-41)42(50)43(51)46-17-13-12-14-33(46)44(52)57-40(30(8)34(47)24-35(32)48)28(6)21-31-15-16-37(36(49)23-31)56-25(2)3/h19,21,25,27,29-34,36-41,47,49,53H,11-18,20,22-24H2,1-10H3. The zero-order valence-corrected chi connectivity index (χ0v) is 36.7. The Bertz CT molecular complexity index is 1480. The molecule has 1 aliphatic carbocycles. The lowest BCUT2D eigenvalue weighted by Crippen LogP contribution is -2.64. The summed E-state index contributed by atoms with van der Waals surface area (Å²) in [6.07, 6.45) is 3.66. The van der Waals surface area contributed by atoms with Crippen LogP contribution in [0.5, 0.6) is 0 Å². The van der Waals surface area contributed by atoms with E-state index in [-0.39, 0.29) is 55.6 Å². The van der Waals surface area contributed by atoms with E-state index in [2.05, 4.69) is 6.92 Å². The van der Waals surface area contributed by atoms with Crippen LogP contribution in [0.15, 0.2) is 23.3 Å². The molecule has 3 fully saturated rings. The lowest BCUT2D eigenvalue weighted by Gasteiger charge is -2.47. The molecule has 0 aromatic heterocycles. The second kappa shape index (κ2) is 21.3. The van der Waals surface area contributed by atoms with Gasteiger partial charge in [0.25, 0.3) is 11.7 Å². The van der Waals surface area contributed by atoms with Crippen LogP contribution < -0.4 is 0 Å². The molecule has 3 aliphatic heterocycles. The lowest BCUT2D eigenvalue weighted by molar-refractivity contribution is -0.302. The van der Waals surface area contributed by atoms with Crippen LogP contribution in [0, 0.1) is 29.6 Å². The van der Waals surface area contributed by atoms with Crippen molar-refractivity contribution < 1.29 is 58.2 Å². The number of nitrogens with zero attached hydrogens (tertiary/aromatic N) is 1. The van der Waals surface area contributed by atoms with Crippen LogP contribution >= 0.6 is 0 Å². The third kappa shape index (κ3) is 11.6. The van der Waals surface area contributed by atoms with E-state index in [0.717, 1.165) is 12.0 Å². The van der Waals surface area contributed by atoms with Crippen molar-refractivity contribution in [2.75, 3.05) is 20.8 Å². The third-order valence-corrected chi connectivity index (χ3v) is 13.0. The predicted molar refractivity (Wildman–Crippen MR) is 217 cm³/mol. The molecule has 4 aliphatic rings. The van der Waals surface area contributed by atoms with Gasteiger partial charge in [-0.3, -0.25) is 14.4 Å². The summed E-state index contributed by atoms with van der Waals surface area (Å²) in [5, 5.41) is 34.7. The number of cyclic esters (lactones) is 1. The molecule has 0 aromatic rings. The van der Waals surface area contributed by atoms with Gasteiger partial charge in [0.15, 0.2) is 0 Å². The number of aliphatic hydroxyl groups is 3. The summed E-state index contributed by atoms with van der Waals surface area (Å²) in [7, 11) is 3.07. The Labute approximate surface area is 346 Å². The van der Waals surface area contributed by atoms with Crippen LogP contribution in [0.3, 0.4) is 0 Å². The Morgan fingerprint density at radius 3 is 2.24 bits per heavy atom. The van der Waals surface area contributed by atoms with Gasteiger partial charge in [0, 0.05) is 44.9 Å². The first-order chi connectivity index (χ1) is 27.3. The zero-order valence-electron chi connectivity index (χ0n) is 36.7. The van der Waals surface area contributed by atoms with Crippen molar-refractivity contribution in [2.24, 2.45) is 29.6 Å². The van der Waals surface area contributed by atoms with E-state index in [9.17, 15) is 34.5 Å². The van der Waals surface area contributed by atoms with Crippen molar-refractivity contribution in [2.45, 2.75) is 187 Å². The molecule has 58 heavy (non-hydrogen) atoms. The molecule has 13 nitrogen and oxygen atoms in total. The van der Waals surface area contributed by atoms with Crippen molar-refractivity contribution in [3.8, 4) is 0 Å². The quantitative estimate of drug-likeness (QED) is 0.173. The first-order valence-electron chi connectivity index (χ1n) is 21.8. The van der Waals surface area contributed by atoms with E-state index in [0.29, 0.717) is 50.5 Å². The number of esters is 1. The Kier molecular flexibility index (Phi) is 17.7. The van der Waals surface area contributed by atoms with Gasteiger partial charge >= 0.3 is 5.97 Å². The maximum absolute atomic E-state index is 14.3. The lowest BCUT2D eigenvalue weighted by atomic mass is 9.81. The fraction of sp³-hybridized carbons (Fsp3) is 0.822. The monoisotopic (exact) mass is 820 g/mol. The Morgan fingerprint density at radius 2 is 1.62 bits per heavy atom. The van der Waals surface area contributed by atoms with Gasteiger partial charge in [0.2, 0.25) is 5.79 Å². The number of carbonyl (C=O) groups is 4. The number of ketones is 2. The maximum atomic E-state index is 14.3. The average molecular weight is 820 g/mol. The number of Topliss-reactive ketones (excluding diaryl/α,β-unsaturated/α-hetero) is 2. The molecule has 1 saturated carbocycles. The first kappa shape index (κ1) is 48.1. The summed E-state index contributed by atoms with van der Waals surface area (Å²) in [6, 6.07) is -1.14. The highest BCUT2D eigenvalue weighted by Crippen LogP contribution is 2.39. The van der Waals surface area contributed by atoms with Crippen LogP contribution in [0.25, 0.3) is 0 Å². The predicted octanol–water partition coefficient (Wildman–Crippen LogP) is 5.25. The Hall–Kier alpha value is -2.52. The van der Waals surface area contributed by atoms with Crippen LogP contribution in [0.1, 0.15) is 126 Å². The van der Waals surface area contributed by atoms with E-state index in [4.69, 9.17) is 23.7 Å². The molecule has 14 atom stereocenters. The Morgan fingerprint density at radius 1 is 0.948 bits per heavy atom. The van der Waals surface area contributed by atoms with Crippen molar-refractivity contribution >= 4 is 23.4 Å². The molecule has 2 saturated heterocycles. The van der Waals surface area contributed by atoms with Gasteiger partial charge in [-0.05, 0) is 109 Å². The number of allylic oxidation sites excluding steroid dienone is 3. The largest absolute Gasteiger partial charge is 0.456 e. The fourth-order valence-corrected chi connectivity index (χ4v) is 9.65. The maximum Gasteiger partial charge on any atom is 0.329 e. The number of aliphatic hydroxyl groups excluding tert-OH is 2. The smallest absolute Gasteiger partial charge is 0.329 e. The van der Waals surface area contributed by atoms with E-state index in [1.54, 1.807) is 13.8 Å². The molecule has 2 bridgehead atoms. The highest BCUT2D eigenvalue weighted by atomic mass is 16.7. The van der Waals surface area contributed by atoms with E-state index in [1.807, 2.05) is 46.8 Å². The number of hydrogen-bond donors (Lipinski definition) is 3. The van der Waals surface area contributed by atoms with Crippen molar-refractivity contribution in [3.05, 3.63) is 23.3 Å². The van der Waals surface area contributed by atoms with Gasteiger partial charge in [-0.1, -0.05) is 45.4 Å². The minimum Gasteiger partial charge on any atom is -0.456 e. The molecule has 0 aromatic carbocycles. The number of ether oxygens (including phenoxy) is 5. The number of rotatable bonds is 7. The van der Waals surface area contributed by atoms with Crippen molar-refractivity contribution in [1.82, 2.24) is 4.90 Å². The average Bonchev–Trinajstić information content (AvgIpc) is 3.18. The summed E-state index contributed by atoms with van der Waals surface area (Å²) in [6.45, 7) is 15.1. The number of methoxy groups -OCH3 is 2. The van der Waals surface area contributed by atoms with Gasteiger partial charge in [-0.2, -0.15) is 0 Å². The summed E-state index contributed by atoms with van der Waals surface area (Å²) < 4.78 is 30.2. The number of carbonyl (C=O) groups excluding carboxylic acids is 4. The van der Waals surface area contributed by atoms with E-state index in [1.165, 1.54) is 19.1 Å². The van der Waals surface area contributed by atoms with Crippen LogP contribution in [-0.2, 0) is 42.9 Å². The summed E-state index contributed by atoms with van der Waals surface area (Å²) >= 11 is 0. The normalized spacial score (nSPS) is 39.8. The molecule has 3 N–H and O–H groups in total. The summed E-state index contributed by atoms with van der Waals surface area (Å²) in [5.41, 5.74) is 1.64. The van der Waals surface area contributed by atoms with Gasteiger partial charge < -0.3 is 43.9 Å². The number of fused-ring (bicyclic) bond motifs is 3. The van der Waals surface area contributed by atoms with Crippen LogP contribution in [-0.4, -0.2) is 125 Å². The van der Waals surface area contributed by atoms with Gasteiger partial charge in [0.1, 0.15) is 24.0 Å². The topological polar surface area (TPSA) is 178 Å². The molecule has 14 unspecified atom stereocenters. The molecule has 0 spiro atoms. The van der Waals surface area contributed by atoms with Crippen LogP contribution in [0.4, 0.5) is 0 Å². The van der Waals surface area contributed by atoms with Crippen molar-refractivity contribution in [1.29, 1.82) is 0 Å². The molecule has 13 heteroatoms. The van der Waals surface area contributed by atoms with Crippen LogP contribution in [0.2, 0.25) is 0 Å².